The Bertz CT molecular complexity index is 455. The minimum absolute atomic E-state index is 0.128. The Hall–Kier alpha value is -1.61. The zero-order valence-electron chi connectivity index (χ0n) is 14.0. The second-order valence-electron chi connectivity index (χ2n) is 5.58. The molecular weight excluding hydrogens is 276 g/mol. The van der Waals surface area contributed by atoms with Crippen molar-refractivity contribution in [2.24, 2.45) is 5.41 Å². The average Bonchev–Trinajstić information content (AvgIpc) is 2.54. The number of methoxy groups -OCH3 is 1. The third-order valence-electron chi connectivity index (χ3n) is 4.00. The summed E-state index contributed by atoms with van der Waals surface area (Å²) >= 11 is 0. The van der Waals surface area contributed by atoms with Crippen LogP contribution in [0.3, 0.4) is 0 Å². The molecule has 3 nitrogen and oxygen atoms in total. The van der Waals surface area contributed by atoms with Crippen LogP contribution in [0, 0.1) is 5.41 Å². The highest BCUT2D eigenvalue weighted by atomic mass is 16.5. The van der Waals surface area contributed by atoms with Crippen molar-refractivity contribution >= 4 is 5.97 Å². The van der Waals surface area contributed by atoms with Gasteiger partial charge in [-0.1, -0.05) is 49.8 Å². The van der Waals surface area contributed by atoms with E-state index in [-0.39, 0.29) is 12.1 Å². The van der Waals surface area contributed by atoms with E-state index in [9.17, 15) is 4.79 Å². The van der Waals surface area contributed by atoms with Crippen molar-refractivity contribution in [3.05, 3.63) is 48.6 Å². The highest BCUT2D eigenvalue weighted by molar-refractivity contribution is 5.77. The number of hydrogen-bond donors (Lipinski definition) is 0. The van der Waals surface area contributed by atoms with Gasteiger partial charge < -0.3 is 9.47 Å². The quantitative estimate of drug-likeness (QED) is 0.464. The minimum Gasteiger partial charge on any atom is -0.466 e. The molecule has 1 aromatic rings. The monoisotopic (exact) mass is 304 g/mol. The fourth-order valence-electron chi connectivity index (χ4n) is 2.96. The van der Waals surface area contributed by atoms with Gasteiger partial charge in [-0.25, -0.2) is 0 Å². The molecule has 0 bridgehead atoms. The Morgan fingerprint density at radius 2 is 2.00 bits per heavy atom. The number of carbonyl (C=O) groups is 1. The molecular formula is C19H28O3. The van der Waals surface area contributed by atoms with E-state index in [0.29, 0.717) is 19.4 Å². The molecule has 0 aliphatic heterocycles. The van der Waals surface area contributed by atoms with Gasteiger partial charge in [0.25, 0.3) is 0 Å². The predicted octanol–water partition coefficient (Wildman–Crippen LogP) is 4.69. The Kier molecular flexibility index (Phi) is 7.89. The van der Waals surface area contributed by atoms with E-state index in [2.05, 4.69) is 13.5 Å². The van der Waals surface area contributed by atoms with Crippen LogP contribution < -0.4 is 0 Å². The summed E-state index contributed by atoms with van der Waals surface area (Å²) in [5.41, 5.74) is 0.516. The number of rotatable bonds is 10. The molecule has 0 aliphatic carbocycles. The topological polar surface area (TPSA) is 35.5 Å². The van der Waals surface area contributed by atoms with Gasteiger partial charge in [0, 0.05) is 7.11 Å². The summed E-state index contributed by atoms with van der Waals surface area (Å²) in [4.78, 5) is 12.6. The lowest BCUT2D eigenvalue weighted by atomic mass is 9.74. The van der Waals surface area contributed by atoms with Crippen LogP contribution in [0.1, 0.15) is 51.2 Å². The van der Waals surface area contributed by atoms with Crippen LogP contribution in [0.15, 0.2) is 43.0 Å². The molecule has 3 heteroatoms. The van der Waals surface area contributed by atoms with Crippen LogP contribution in [0.2, 0.25) is 0 Å². The number of carbonyl (C=O) groups excluding carboxylic acids is 1. The number of esters is 1. The van der Waals surface area contributed by atoms with Crippen molar-refractivity contribution in [1.29, 1.82) is 0 Å². The first kappa shape index (κ1) is 18.4. The first-order valence-electron chi connectivity index (χ1n) is 7.99. The number of hydrogen-bond acceptors (Lipinski definition) is 3. The summed E-state index contributed by atoms with van der Waals surface area (Å²) in [6.45, 7) is 8.15. The van der Waals surface area contributed by atoms with Gasteiger partial charge >= 0.3 is 5.97 Å². The van der Waals surface area contributed by atoms with Crippen LogP contribution in [-0.4, -0.2) is 19.7 Å². The highest BCUT2D eigenvalue weighted by Crippen LogP contribution is 2.40. The average molecular weight is 304 g/mol. The largest absolute Gasteiger partial charge is 0.466 e. The zero-order chi connectivity index (χ0) is 16.4. The van der Waals surface area contributed by atoms with E-state index >= 15 is 0 Å². The van der Waals surface area contributed by atoms with Gasteiger partial charge in [0.15, 0.2) is 0 Å². The standard InChI is InChI=1S/C19H28O3/c1-5-13-19(14-6-2,18(20)22-7-3)15-17(21-4)16-11-9-8-10-12-16/h5,8-12,17H,1,6-7,13-15H2,2-4H3/t17-,19-/m0/s1. The van der Waals surface area contributed by atoms with Gasteiger partial charge in [0.2, 0.25) is 0 Å². The van der Waals surface area contributed by atoms with Crippen molar-refractivity contribution < 1.29 is 14.3 Å². The molecule has 1 rings (SSSR count). The van der Waals surface area contributed by atoms with Crippen LogP contribution in [0.25, 0.3) is 0 Å². The lowest BCUT2D eigenvalue weighted by Gasteiger charge is -2.33. The molecule has 0 saturated heterocycles. The normalized spacial score (nSPS) is 14.9. The first-order chi connectivity index (χ1) is 10.6. The highest BCUT2D eigenvalue weighted by Gasteiger charge is 2.40. The van der Waals surface area contributed by atoms with Gasteiger partial charge in [-0.2, -0.15) is 0 Å². The molecule has 0 aromatic heterocycles. The van der Waals surface area contributed by atoms with E-state index < -0.39 is 5.41 Å². The minimum atomic E-state index is -0.566. The van der Waals surface area contributed by atoms with E-state index in [4.69, 9.17) is 9.47 Å². The van der Waals surface area contributed by atoms with E-state index in [1.54, 1.807) is 7.11 Å². The van der Waals surface area contributed by atoms with Crippen LogP contribution in [-0.2, 0) is 14.3 Å². The lowest BCUT2D eigenvalue weighted by molar-refractivity contribution is -0.158. The molecule has 0 spiro atoms. The molecule has 0 radical (unpaired) electrons. The van der Waals surface area contributed by atoms with Gasteiger partial charge in [0.05, 0.1) is 18.1 Å². The summed E-state index contributed by atoms with van der Waals surface area (Å²) in [7, 11) is 1.69. The Morgan fingerprint density at radius 1 is 1.32 bits per heavy atom. The van der Waals surface area contributed by atoms with Gasteiger partial charge in [-0.15, -0.1) is 6.58 Å². The van der Waals surface area contributed by atoms with Crippen molar-refractivity contribution in [3.8, 4) is 0 Å². The Morgan fingerprint density at radius 3 is 2.50 bits per heavy atom. The smallest absolute Gasteiger partial charge is 0.312 e. The number of benzene rings is 1. The van der Waals surface area contributed by atoms with Crippen molar-refractivity contribution in [2.75, 3.05) is 13.7 Å². The van der Waals surface area contributed by atoms with Crippen molar-refractivity contribution in [2.45, 2.75) is 45.6 Å². The fourth-order valence-corrected chi connectivity index (χ4v) is 2.96. The van der Waals surface area contributed by atoms with Crippen LogP contribution in [0.4, 0.5) is 0 Å². The van der Waals surface area contributed by atoms with Gasteiger partial charge in [0.1, 0.15) is 0 Å². The molecule has 0 amide bonds. The molecule has 1 aromatic carbocycles. The maximum atomic E-state index is 12.6. The first-order valence-corrected chi connectivity index (χ1v) is 7.99. The van der Waals surface area contributed by atoms with Crippen LogP contribution in [0.5, 0.6) is 0 Å². The maximum Gasteiger partial charge on any atom is 0.312 e. The summed E-state index contributed by atoms with van der Waals surface area (Å²) < 4.78 is 11.0. The molecule has 2 atom stereocenters. The van der Waals surface area contributed by atoms with Gasteiger partial charge in [-0.05, 0) is 31.7 Å². The second kappa shape index (κ2) is 9.42. The van der Waals surface area contributed by atoms with E-state index in [1.165, 1.54) is 0 Å². The molecule has 122 valence electrons. The van der Waals surface area contributed by atoms with Crippen molar-refractivity contribution in [3.63, 3.8) is 0 Å². The molecule has 0 aliphatic rings. The fraction of sp³-hybridized carbons (Fsp3) is 0.526. The lowest BCUT2D eigenvalue weighted by Crippen LogP contribution is -2.35. The Labute approximate surface area is 134 Å². The van der Waals surface area contributed by atoms with Crippen molar-refractivity contribution in [1.82, 2.24) is 0 Å². The summed E-state index contributed by atoms with van der Waals surface area (Å²) in [6.07, 6.45) is 4.57. The third kappa shape index (κ3) is 4.70. The Balaban J connectivity index is 3.08. The third-order valence-corrected chi connectivity index (χ3v) is 4.00. The van der Waals surface area contributed by atoms with E-state index in [0.717, 1.165) is 18.4 Å². The molecule has 0 N–H and O–H groups in total. The van der Waals surface area contributed by atoms with Crippen LogP contribution >= 0.6 is 0 Å². The predicted molar refractivity (Wildman–Crippen MR) is 89.6 cm³/mol. The second-order valence-corrected chi connectivity index (χ2v) is 5.58. The zero-order valence-corrected chi connectivity index (χ0v) is 14.0. The maximum absolute atomic E-state index is 12.6. The van der Waals surface area contributed by atoms with Gasteiger partial charge in [-0.3, -0.25) is 4.79 Å². The molecule has 0 fully saturated rings. The summed E-state index contributed by atoms with van der Waals surface area (Å²) in [5, 5.41) is 0. The molecule has 0 unspecified atom stereocenters. The summed E-state index contributed by atoms with van der Waals surface area (Å²) in [6, 6.07) is 10.0. The molecule has 0 saturated carbocycles. The van der Waals surface area contributed by atoms with E-state index in [1.807, 2.05) is 43.3 Å². The molecule has 0 heterocycles. The summed E-state index contributed by atoms with van der Waals surface area (Å²) in [5.74, 6) is -0.144. The number of ether oxygens (including phenoxy) is 2. The molecule has 22 heavy (non-hydrogen) atoms. The number of allylic oxidation sites excluding steroid dienone is 1. The SMILES string of the molecule is C=CC[C@](CCC)(C[C@H](OC)c1ccccc1)C(=O)OCC.